The lowest BCUT2D eigenvalue weighted by molar-refractivity contribution is -0.384. The molecule has 1 aromatic carbocycles. The van der Waals surface area contributed by atoms with Gasteiger partial charge < -0.3 is 15.4 Å². The van der Waals surface area contributed by atoms with Crippen LogP contribution in [-0.4, -0.2) is 40.8 Å². The van der Waals surface area contributed by atoms with Gasteiger partial charge in [-0.2, -0.15) is 5.10 Å². The summed E-state index contributed by atoms with van der Waals surface area (Å²) in [6.45, 7) is 1.57. The summed E-state index contributed by atoms with van der Waals surface area (Å²) in [6.07, 6.45) is 4.68. The van der Waals surface area contributed by atoms with Gasteiger partial charge >= 0.3 is 0 Å². The standard InChI is InChI=1S/C17H21N5O4/c1-26-15-4-3-14(22(24)25)11-13(15)12-19-16(23)17(5-8-18-9-6-17)21-10-2-7-20-21/h2-4,7,10-11,18H,5-6,8-9,12H2,1H3,(H,19,23). The Kier molecular flexibility index (Phi) is 5.17. The molecule has 26 heavy (non-hydrogen) atoms. The Hall–Kier alpha value is -2.94. The highest BCUT2D eigenvalue weighted by atomic mass is 16.6. The molecule has 2 heterocycles. The molecule has 2 N–H and O–H groups in total. The average Bonchev–Trinajstić information content (AvgIpc) is 3.21. The van der Waals surface area contributed by atoms with Gasteiger partial charge in [-0.05, 0) is 38.1 Å². The highest BCUT2D eigenvalue weighted by Gasteiger charge is 2.41. The highest BCUT2D eigenvalue weighted by molar-refractivity contribution is 5.84. The van der Waals surface area contributed by atoms with E-state index in [1.165, 1.54) is 25.3 Å². The third kappa shape index (κ3) is 3.38. The zero-order chi connectivity index (χ0) is 18.6. The predicted molar refractivity (Wildman–Crippen MR) is 93.8 cm³/mol. The molecule has 0 aliphatic carbocycles. The van der Waals surface area contributed by atoms with E-state index in [-0.39, 0.29) is 18.1 Å². The molecule has 1 fully saturated rings. The Morgan fingerprint density at radius 3 is 2.85 bits per heavy atom. The minimum atomic E-state index is -0.761. The van der Waals surface area contributed by atoms with Crippen LogP contribution in [0.3, 0.4) is 0 Å². The van der Waals surface area contributed by atoms with Gasteiger partial charge in [0.15, 0.2) is 0 Å². The van der Waals surface area contributed by atoms with Crippen molar-refractivity contribution in [2.24, 2.45) is 0 Å². The van der Waals surface area contributed by atoms with E-state index in [1.54, 1.807) is 23.1 Å². The average molecular weight is 359 g/mol. The van der Waals surface area contributed by atoms with Crippen LogP contribution in [0.2, 0.25) is 0 Å². The molecule has 9 heteroatoms. The number of aromatic nitrogens is 2. The topological polar surface area (TPSA) is 111 Å². The second-order valence-corrected chi connectivity index (χ2v) is 6.17. The summed E-state index contributed by atoms with van der Waals surface area (Å²) in [5.41, 5.74) is -0.249. The first-order chi connectivity index (χ1) is 12.6. The molecule has 1 saturated heterocycles. The van der Waals surface area contributed by atoms with Crippen molar-refractivity contribution in [1.82, 2.24) is 20.4 Å². The second-order valence-electron chi connectivity index (χ2n) is 6.17. The molecule has 1 aliphatic rings. The molecule has 0 saturated carbocycles. The SMILES string of the molecule is COc1ccc([N+](=O)[O-])cc1CNC(=O)C1(n2cccn2)CCNCC1. The van der Waals surface area contributed by atoms with Crippen molar-refractivity contribution in [3.05, 3.63) is 52.3 Å². The van der Waals surface area contributed by atoms with Crippen LogP contribution >= 0.6 is 0 Å². The predicted octanol–water partition coefficient (Wildman–Crippen LogP) is 1.19. The normalized spacial score (nSPS) is 16.0. The lowest BCUT2D eigenvalue weighted by Crippen LogP contribution is -2.54. The quantitative estimate of drug-likeness (QED) is 0.592. The number of nitro groups is 1. The summed E-state index contributed by atoms with van der Waals surface area (Å²) < 4.78 is 6.96. The number of carbonyl (C=O) groups excluding carboxylic acids is 1. The van der Waals surface area contributed by atoms with Gasteiger partial charge in [-0.3, -0.25) is 19.6 Å². The third-order valence-corrected chi connectivity index (χ3v) is 4.71. The smallest absolute Gasteiger partial charge is 0.270 e. The summed E-state index contributed by atoms with van der Waals surface area (Å²) in [4.78, 5) is 23.6. The largest absolute Gasteiger partial charge is 0.496 e. The zero-order valence-electron chi connectivity index (χ0n) is 14.5. The van der Waals surface area contributed by atoms with E-state index in [9.17, 15) is 14.9 Å². The Morgan fingerprint density at radius 2 is 2.23 bits per heavy atom. The van der Waals surface area contributed by atoms with Crippen LogP contribution in [0.5, 0.6) is 5.75 Å². The third-order valence-electron chi connectivity index (χ3n) is 4.71. The minimum absolute atomic E-state index is 0.0429. The van der Waals surface area contributed by atoms with Crippen molar-refractivity contribution >= 4 is 11.6 Å². The fourth-order valence-corrected chi connectivity index (χ4v) is 3.28. The zero-order valence-corrected chi connectivity index (χ0v) is 14.5. The molecule has 0 atom stereocenters. The van der Waals surface area contributed by atoms with E-state index >= 15 is 0 Å². The lowest BCUT2D eigenvalue weighted by Gasteiger charge is -2.36. The molecule has 1 amide bonds. The molecule has 3 rings (SSSR count). The van der Waals surface area contributed by atoms with Crippen molar-refractivity contribution in [3.8, 4) is 5.75 Å². The van der Waals surface area contributed by atoms with Crippen molar-refractivity contribution in [2.45, 2.75) is 24.9 Å². The minimum Gasteiger partial charge on any atom is -0.496 e. The molecule has 9 nitrogen and oxygen atoms in total. The Morgan fingerprint density at radius 1 is 1.46 bits per heavy atom. The fraction of sp³-hybridized carbons (Fsp3) is 0.412. The first-order valence-electron chi connectivity index (χ1n) is 8.37. The van der Waals surface area contributed by atoms with E-state index < -0.39 is 10.5 Å². The van der Waals surface area contributed by atoms with Crippen molar-refractivity contribution in [1.29, 1.82) is 0 Å². The number of hydrogen-bond donors (Lipinski definition) is 2. The summed E-state index contributed by atoms with van der Waals surface area (Å²) in [5, 5.41) is 21.4. The van der Waals surface area contributed by atoms with Crippen molar-refractivity contribution in [3.63, 3.8) is 0 Å². The molecule has 2 aromatic rings. The van der Waals surface area contributed by atoms with Crippen LogP contribution in [0.25, 0.3) is 0 Å². The van der Waals surface area contributed by atoms with Gasteiger partial charge in [0.05, 0.1) is 12.0 Å². The number of hydrogen-bond acceptors (Lipinski definition) is 6. The van der Waals surface area contributed by atoms with Gasteiger partial charge in [-0.15, -0.1) is 0 Å². The number of piperidine rings is 1. The van der Waals surface area contributed by atoms with Crippen LogP contribution in [0.1, 0.15) is 18.4 Å². The molecular weight excluding hydrogens is 338 g/mol. The maximum Gasteiger partial charge on any atom is 0.270 e. The summed E-state index contributed by atoms with van der Waals surface area (Å²) in [5.74, 6) is 0.339. The van der Waals surface area contributed by atoms with Gasteiger partial charge in [0.25, 0.3) is 5.69 Å². The van der Waals surface area contributed by atoms with Gasteiger partial charge in [0.2, 0.25) is 5.91 Å². The maximum atomic E-state index is 13.0. The monoisotopic (exact) mass is 359 g/mol. The summed E-state index contributed by atoms with van der Waals surface area (Å²) in [7, 11) is 1.49. The number of non-ortho nitro benzene ring substituents is 1. The molecule has 0 bridgehead atoms. The molecule has 1 aliphatic heterocycles. The van der Waals surface area contributed by atoms with Crippen LogP contribution < -0.4 is 15.4 Å². The lowest BCUT2D eigenvalue weighted by atomic mass is 9.87. The van der Waals surface area contributed by atoms with E-state index in [0.29, 0.717) is 37.2 Å². The van der Waals surface area contributed by atoms with Crippen molar-refractivity contribution in [2.75, 3.05) is 20.2 Å². The maximum absolute atomic E-state index is 13.0. The Bertz CT molecular complexity index is 784. The van der Waals surface area contributed by atoms with E-state index in [2.05, 4.69) is 15.7 Å². The van der Waals surface area contributed by atoms with Crippen LogP contribution in [0.15, 0.2) is 36.7 Å². The Labute approximate surface area is 150 Å². The Balaban J connectivity index is 1.81. The first kappa shape index (κ1) is 17.9. The molecule has 1 aromatic heterocycles. The number of amides is 1. The molecule has 0 radical (unpaired) electrons. The molecule has 138 valence electrons. The van der Waals surface area contributed by atoms with Crippen LogP contribution in [-0.2, 0) is 16.9 Å². The van der Waals surface area contributed by atoms with Gasteiger partial charge in [0.1, 0.15) is 11.3 Å². The number of carbonyl (C=O) groups is 1. The molecule has 0 unspecified atom stereocenters. The first-order valence-corrected chi connectivity index (χ1v) is 8.37. The van der Waals surface area contributed by atoms with E-state index in [0.717, 1.165) is 0 Å². The van der Waals surface area contributed by atoms with Crippen LogP contribution in [0, 0.1) is 10.1 Å². The second kappa shape index (κ2) is 7.52. The van der Waals surface area contributed by atoms with Gasteiger partial charge in [-0.1, -0.05) is 0 Å². The number of ether oxygens (including phenoxy) is 1. The number of rotatable bonds is 6. The van der Waals surface area contributed by atoms with Crippen LogP contribution in [0.4, 0.5) is 5.69 Å². The molecular formula is C17H21N5O4. The van der Waals surface area contributed by atoms with E-state index in [1.807, 2.05) is 0 Å². The van der Waals surface area contributed by atoms with Crippen molar-refractivity contribution < 1.29 is 14.5 Å². The summed E-state index contributed by atoms with van der Waals surface area (Å²) in [6, 6.07) is 6.12. The highest BCUT2D eigenvalue weighted by Crippen LogP contribution is 2.28. The number of nitro benzene ring substituents is 1. The van der Waals surface area contributed by atoms with Gasteiger partial charge in [0, 0.05) is 36.6 Å². The van der Waals surface area contributed by atoms with Gasteiger partial charge in [-0.25, -0.2) is 0 Å². The number of benzene rings is 1. The molecule has 0 spiro atoms. The van der Waals surface area contributed by atoms with E-state index in [4.69, 9.17) is 4.74 Å². The number of methoxy groups -OCH3 is 1. The fourth-order valence-electron chi connectivity index (χ4n) is 3.28. The number of nitrogens with zero attached hydrogens (tertiary/aromatic N) is 3. The number of nitrogens with one attached hydrogen (secondary N) is 2. The summed E-state index contributed by atoms with van der Waals surface area (Å²) >= 11 is 0.